The molecule has 0 aromatic heterocycles. The Balaban J connectivity index is 3.40. The van der Waals surface area contributed by atoms with Crippen molar-refractivity contribution in [1.29, 1.82) is 0 Å². The van der Waals surface area contributed by atoms with E-state index in [1.54, 1.807) is 0 Å². The number of amides is 1. The number of aliphatic hydroxyl groups is 2. The molecular weight excluding hydrogens is 899 g/mol. The van der Waals surface area contributed by atoms with Crippen molar-refractivity contribution in [1.82, 2.24) is 5.32 Å². The normalized spacial score (nSPS) is 12.7. The molecule has 2 atom stereocenters. The van der Waals surface area contributed by atoms with Gasteiger partial charge in [-0.05, 0) is 57.8 Å². The third-order valence-corrected chi connectivity index (χ3v) is 15.5. The molecule has 1 amide bonds. The number of hydrogen-bond acceptors (Lipinski definition) is 5. The van der Waals surface area contributed by atoms with E-state index in [0.717, 1.165) is 51.4 Å². The Hall–Kier alpha value is -1.66. The molecular formula is C67H129NO5. The Kier molecular flexibility index (Phi) is 61.4. The number of carbonyl (C=O) groups is 2. The topological polar surface area (TPSA) is 95.9 Å². The van der Waals surface area contributed by atoms with E-state index in [0.29, 0.717) is 25.9 Å². The zero-order chi connectivity index (χ0) is 52.9. The quantitative estimate of drug-likeness (QED) is 0.0320. The molecule has 0 saturated heterocycles. The van der Waals surface area contributed by atoms with Gasteiger partial charge in [-0.2, -0.15) is 0 Å². The first kappa shape index (κ1) is 71.3. The number of nitrogens with one attached hydrogen (secondary N) is 1. The molecule has 3 N–H and O–H groups in total. The highest BCUT2D eigenvalue weighted by Gasteiger charge is 2.20. The SMILES string of the molecule is CCCCC/C=C\C/C=C\CCCCCCCCCC(=O)OCCCCCCCCCCCCCCCCCCCCCC(=O)NC(CO)C(O)CCCCCCCCCCCCCCCCCCCCCC. The van der Waals surface area contributed by atoms with E-state index in [4.69, 9.17) is 4.74 Å². The van der Waals surface area contributed by atoms with Crippen LogP contribution in [0.25, 0.3) is 0 Å². The van der Waals surface area contributed by atoms with E-state index in [1.807, 2.05) is 0 Å². The van der Waals surface area contributed by atoms with Gasteiger partial charge in [-0.15, -0.1) is 0 Å². The van der Waals surface area contributed by atoms with Crippen LogP contribution >= 0.6 is 0 Å². The number of rotatable bonds is 62. The zero-order valence-electron chi connectivity index (χ0n) is 49.4. The van der Waals surface area contributed by atoms with Gasteiger partial charge in [0.1, 0.15) is 0 Å². The minimum atomic E-state index is -0.667. The van der Waals surface area contributed by atoms with Crippen LogP contribution in [0.4, 0.5) is 0 Å². The molecule has 2 unspecified atom stereocenters. The van der Waals surface area contributed by atoms with E-state index in [-0.39, 0.29) is 18.5 Å². The van der Waals surface area contributed by atoms with Crippen molar-refractivity contribution in [3.8, 4) is 0 Å². The van der Waals surface area contributed by atoms with Crippen LogP contribution in [0.1, 0.15) is 367 Å². The Morgan fingerprint density at radius 2 is 0.685 bits per heavy atom. The summed E-state index contributed by atoms with van der Waals surface area (Å²) in [4.78, 5) is 24.6. The first-order valence-electron chi connectivity index (χ1n) is 33.1. The van der Waals surface area contributed by atoms with Crippen molar-refractivity contribution in [2.75, 3.05) is 13.2 Å². The minimum Gasteiger partial charge on any atom is -0.466 e. The molecule has 0 rings (SSSR count). The first-order valence-corrected chi connectivity index (χ1v) is 33.1. The van der Waals surface area contributed by atoms with E-state index >= 15 is 0 Å². The van der Waals surface area contributed by atoms with Gasteiger partial charge < -0.3 is 20.3 Å². The molecule has 0 aliphatic carbocycles. The summed E-state index contributed by atoms with van der Waals surface area (Å²) in [5, 5.41) is 23.4. The van der Waals surface area contributed by atoms with Crippen LogP contribution in [-0.4, -0.2) is 47.4 Å². The van der Waals surface area contributed by atoms with Gasteiger partial charge in [0.05, 0.1) is 25.4 Å². The van der Waals surface area contributed by atoms with Crippen LogP contribution in [0.15, 0.2) is 24.3 Å². The number of unbranched alkanes of at least 4 members (excludes halogenated alkanes) is 47. The molecule has 0 radical (unpaired) electrons. The van der Waals surface area contributed by atoms with Gasteiger partial charge in [0.25, 0.3) is 0 Å². The van der Waals surface area contributed by atoms with Gasteiger partial charge >= 0.3 is 5.97 Å². The number of ether oxygens (including phenoxy) is 1. The number of allylic oxidation sites excluding steroid dienone is 4. The van der Waals surface area contributed by atoms with Gasteiger partial charge in [-0.25, -0.2) is 0 Å². The monoisotopic (exact) mass is 1030 g/mol. The van der Waals surface area contributed by atoms with Gasteiger partial charge in [-0.1, -0.05) is 321 Å². The summed E-state index contributed by atoms with van der Waals surface area (Å²) < 4.78 is 5.49. The molecule has 432 valence electrons. The predicted molar refractivity (Wildman–Crippen MR) is 320 cm³/mol. The lowest BCUT2D eigenvalue weighted by molar-refractivity contribution is -0.143. The van der Waals surface area contributed by atoms with E-state index in [9.17, 15) is 19.8 Å². The zero-order valence-corrected chi connectivity index (χ0v) is 49.4. The largest absolute Gasteiger partial charge is 0.466 e. The Morgan fingerprint density at radius 1 is 0.384 bits per heavy atom. The second-order valence-electron chi connectivity index (χ2n) is 22.8. The highest BCUT2D eigenvalue weighted by atomic mass is 16.5. The Labute approximate surface area is 456 Å². The van der Waals surface area contributed by atoms with Crippen molar-refractivity contribution < 1.29 is 24.5 Å². The van der Waals surface area contributed by atoms with Crippen LogP contribution in [0, 0.1) is 0 Å². The number of esters is 1. The van der Waals surface area contributed by atoms with Crippen molar-refractivity contribution in [2.45, 2.75) is 379 Å². The fourth-order valence-corrected chi connectivity index (χ4v) is 10.4. The molecule has 6 nitrogen and oxygen atoms in total. The number of aliphatic hydroxyl groups excluding tert-OH is 2. The molecule has 0 aromatic carbocycles. The highest BCUT2D eigenvalue weighted by Crippen LogP contribution is 2.18. The van der Waals surface area contributed by atoms with Crippen molar-refractivity contribution >= 4 is 11.9 Å². The standard InChI is InChI=1S/C67H129NO5/c1-3-5-7-9-11-13-15-17-19-21-22-24-28-31-35-39-43-47-51-55-59-65(70)64(63-69)68-66(71)60-56-52-48-44-40-36-32-29-25-23-26-30-34-38-42-46-50-54-58-62-73-67(72)61-57-53-49-45-41-37-33-27-20-18-16-14-12-10-8-6-4-2/h12,14,18,20,64-65,69-70H,3-11,13,15-17,19,21-63H2,1-2H3,(H,68,71)/b14-12-,20-18-. The minimum absolute atomic E-state index is 0.00221. The molecule has 0 spiro atoms. The summed E-state index contributed by atoms with van der Waals surface area (Å²) in [5.41, 5.74) is 0. The maximum atomic E-state index is 12.5. The fraction of sp³-hybridized carbons (Fsp3) is 0.910. The third-order valence-electron chi connectivity index (χ3n) is 15.5. The van der Waals surface area contributed by atoms with Crippen LogP contribution in [0.3, 0.4) is 0 Å². The van der Waals surface area contributed by atoms with Gasteiger partial charge in [-0.3, -0.25) is 9.59 Å². The molecule has 0 heterocycles. The lowest BCUT2D eigenvalue weighted by Gasteiger charge is -2.22. The third kappa shape index (κ3) is 59.4. The Morgan fingerprint density at radius 3 is 1.07 bits per heavy atom. The summed E-state index contributed by atoms with van der Waals surface area (Å²) in [6.45, 7) is 4.95. The summed E-state index contributed by atoms with van der Waals surface area (Å²) in [5.74, 6) is -0.0321. The average molecular weight is 1030 g/mol. The fourth-order valence-electron chi connectivity index (χ4n) is 10.4. The summed E-state index contributed by atoms with van der Waals surface area (Å²) in [7, 11) is 0. The summed E-state index contributed by atoms with van der Waals surface area (Å²) >= 11 is 0. The predicted octanol–water partition coefficient (Wildman–Crippen LogP) is 21.0. The molecule has 0 aromatic rings. The maximum absolute atomic E-state index is 12.5. The van der Waals surface area contributed by atoms with Gasteiger partial charge in [0.2, 0.25) is 5.91 Å². The molecule has 0 aliphatic heterocycles. The van der Waals surface area contributed by atoms with E-state index in [1.165, 1.54) is 283 Å². The molecule has 0 aliphatic rings. The number of carbonyl (C=O) groups excluding carboxylic acids is 2. The molecule has 6 heteroatoms. The van der Waals surface area contributed by atoms with E-state index < -0.39 is 12.1 Å². The lowest BCUT2D eigenvalue weighted by Crippen LogP contribution is -2.45. The van der Waals surface area contributed by atoms with Gasteiger partial charge in [0, 0.05) is 12.8 Å². The average Bonchev–Trinajstić information content (AvgIpc) is 3.39. The summed E-state index contributed by atoms with van der Waals surface area (Å²) in [6, 6.07) is -0.545. The second kappa shape index (κ2) is 62.9. The summed E-state index contributed by atoms with van der Waals surface area (Å²) in [6.07, 6.45) is 77.6. The Bertz CT molecular complexity index is 1140. The maximum Gasteiger partial charge on any atom is 0.305 e. The van der Waals surface area contributed by atoms with Crippen molar-refractivity contribution in [3.63, 3.8) is 0 Å². The van der Waals surface area contributed by atoms with Crippen LogP contribution in [0.5, 0.6) is 0 Å². The lowest BCUT2D eigenvalue weighted by atomic mass is 10.0. The van der Waals surface area contributed by atoms with Crippen molar-refractivity contribution in [3.05, 3.63) is 24.3 Å². The first-order chi connectivity index (χ1) is 36.0. The van der Waals surface area contributed by atoms with E-state index in [2.05, 4.69) is 43.5 Å². The van der Waals surface area contributed by atoms with Gasteiger partial charge in [0.15, 0.2) is 0 Å². The number of hydrogen-bond donors (Lipinski definition) is 3. The molecule has 0 fully saturated rings. The molecule has 0 saturated carbocycles. The van der Waals surface area contributed by atoms with Crippen LogP contribution in [-0.2, 0) is 14.3 Å². The molecule has 0 bridgehead atoms. The highest BCUT2D eigenvalue weighted by molar-refractivity contribution is 5.76. The smallest absolute Gasteiger partial charge is 0.305 e. The van der Waals surface area contributed by atoms with Crippen molar-refractivity contribution in [2.24, 2.45) is 0 Å². The second-order valence-corrected chi connectivity index (χ2v) is 22.8. The van der Waals surface area contributed by atoms with Crippen LogP contribution in [0.2, 0.25) is 0 Å². The van der Waals surface area contributed by atoms with Crippen LogP contribution < -0.4 is 5.32 Å². The molecule has 73 heavy (non-hydrogen) atoms.